The van der Waals surface area contributed by atoms with Gasteiger partial charge < -0.3 is 4.98 Å². The molecule has 0 atom stereocenters. The van der Waals surface area contributed by atoms with Crippen LogP contribution in [0.2, 0.25) is 0 Å². The van der Waals surface area contributed by atoms with Crippen molar-refractivity contribution in [2.45, 2.75) is 13.8 Å². The van der Waals surface area contributed by atoms with Gasteiger partial charge in [0, 0.05) is 5.56 Å². The molecule has 0 saturated heterocycles. The van der Waals surface area contributed by atoms with E-state index in [1.54, 1.807) is 12.1 Å². The molecule has 0 aliphatic carbocycles. The highest BCUT2D eigenvalue weighted by atomic mass is 19.1. The van der Waals surface area contributed by atoms with Crippen molar-refractivity contribution < 1.29 is 4.39 Å². The monoisotopic (exact) mass is 218 g/mol. The van der Waals surface area contributed by atoms with Crippen LogP contribution in [0.15, 0.2) is 29.3 Å². The summed E-state index contributed by atoms with van der Waals surface area (Å²) in [5.41, 5.74) is 1.99. The van der Waals surface area contributed by atoms with Gasteiger partial charge in [0.05, 0.1) is 6.33 Å². The van der Waals surface area contributed by atoms with Crippen molar-refractivity contribution in [2.75, 3.05) is 0 Å². The largest absolute Gasteiger partial charge is 0.311 e. The average molecular weight is 218 g/mol. The molecule has 0 fully saturated rings. The molecule has 0 amide bonds. The molecule has 3 nitrogen and oxygen atoms in total. The Morgan fingerprint density at radius 1 is 1.19 bits per heavy atom. The van der Waals surface area contributed by atoms with Crippen LogP contribution in [0.4, 0.5) is 4.39 Å². The van der Waals surface area contributed by atoms with Gasteiger partial charge in [-0.05, 0) is 26.0 Å². The lowest BCUT2D eigenvalue weighted by molar-refractivity contribution is 0.604. The number of H-pyrrole nitrogens is 1. The zero-order chi connectivity index (χ0) is 11.7. The van der Waals surface area contributed by atoms with Crippen molar-refractivity contribution in [3.63, 3.8) is 0 Å². The molecule has 0 spiro atoms. The first kappa shape index (κ1) is 10.5. The van der Waals surface area contributed by atoms with E-state index in [4.69, 9.17) is 0 Å². The highest BCUT2D eigenvalue weighted by Crippen LogP contribution is 2.20. The fourth-order valence-electron chi connectivity index (χ4n) is 1.70. The van der Waals surface area contributed by atoms with Crippen LogP contribution >= 0.6 is 0 Å². The highest BCUT2D eigenvalue weighted by Gasteiger charge is 2.10. The van der Waals surface area contributed by atoms with E-state index in [9.17, 15) is 9.18 Å². The van der Waals surface area contributed by atoms with E-state index in [0.717, 1.165) is 11.1 Å². The summed E-state index contributed by atoms with van der Waals surface area (Å²) in [5, 5.41) is 0. The van der Waals surface area contributed by atoms with Gasteiger partial charge in [0.15, 0.2) is 0 Å². The minimum atomic E-state index is -0.840. The summed E-state index contributed by atoms with van der Waals surface area (Å²) in [5.74, 6) is -0.840. The SMILES string of the molecule is Cc1cc(C)cc(-c2nc[nH]c(=O)c2F)c1. The second kappa shape index (κ2) is 3.89. The van der Waals surface area contributed by atoms with Crippen LogP contribution in [0.1, 0.15) is 11.1 Å². The molecule has 0 radical (unpaired) electrons. The number of hydrogen-bond donors (Lipinski definition) is 1. The van der Waals surface area contributed by atoms with Gasteiger partial charge in [-0.15, -0.1) is 0 Å². The lowest BCUT2D eigenvalue weighted by Gasteiger charge is -2.04. The summed E-state index contributed by atoms with van der Waals surface area (Å²) in [4.78, 5) is 17.2. The Labute approximate surface area is 92.0 Å². The third-order valence-electron chi connectivity index (χ3n) is 2.29. The van der Waals surface area contributed by atoms with Crippen molar-refractivity contribution in [1.29, 1.82) is 0 Å². The fraction of sp³-hybridized carbons (Fsp3) is 0.167. The zero-order valence-electron chi connectivity index (χ0n) is 9.04. The topological polar surface area (TPSA) is 45.8 Å². The Bertz CT molecular complexity index is 570. The summed E-state index contributed by atoms with van der Waals surface area (Å²) in [6, 6.07) is 5.59. The molecule has 4 heteroatoms. The molecule has 0 aliphatic heterocycles. The van der Waals surface area contributed by atoms with Gasteiger partial charge in [-0.2, -0.15) is 4.39 Å². The van der Waals surface area contributed by atoms with Gasteiger partial charge in [0.25, 0.3) is 5.56 Å². The molecule has 16 heavy (non-hydrogen) atoms. The standard InChI is InChI=1S/C12H11FN2O/c1-7-3-8(2)5-9(4-7)11-10(13)12(16)15-6-14-11/h3-6H,1-2H3,(H,14,15,16). The first-order valence-corrected chi connectivity index (χ1v) is 4.90. The smallest absolute Gasteiger partial charge is 0.287 e. The van der Waals surface area contributed by atoms with Crippen LogP contribution in [0.25, 0.3) is 11.3 Å². The maximum absolute atomic E-state index is 13.5. The number of halogens is 1. The number of aryl methyl sites for hydroxylation is 2. The fourth-order valence-corrected chi connectivity index (χ4v) is 1.70. The molecule has 0 bridgehead atoms. The summed E-state index contributed by atoms with van der Waals surface area (Å²) in [7, 11) is 0. The van der Waals surface area contributed by atoms with Crippen LogP contribution in [0.3, 0.4) is 0 Å². The van der Waals surface area contributed by atoms with Gasteiger partial charge in [-0.25, -0.2) is 4.98 Å². The second-order valence-corrected chi connectivity index (χ2v) is 3.77. The molecule has 0 unspecified atom stereocenters. The van der Waals surface area contributed by atoms with E-state index in [1.807, 2.05) is 19.9 Å². The van der Waals surface area contributed by atoms with E-state index in [1.165, 1.54) is 6.33 Å². The Morgan fingerprint density at radius 2 is 1.81 bits per heavy atom. The van der Waals surface area contributed by atoms with Crippen LogP contribution in [-0.4, -0.2) is 9.97 Å². The Kier molecular flexibility index (Phi) is 2.56. The number of aromatic amines is 1. The van der Waals surface area contributed by atoms with Crippen LogP contribution < -0.4 is 5.56 Å². The number of rotatable bonds is 1. The zero-order valence-corrected chi connectivity index (χ0v) is 9.04. The molecule has 0 aliphatic rings. The maximum atomic E-state index is 13.5. The second-order valence-electron chi connectivity index (χ2n) is 3.77. The normalized spacial score (nSPS) is 10.4. The van der Waals surface area contributed by atoms with Gasteiger partial charge in [-0.1, -0.05) is 17.2 Å². The van der Waals surface area contributed by atoms with Gasteiger partial charge >= 0.3 is 0 Å². The molecule has 2 aromatic rings. The van der Waals surface area contributed by atoms with Crippen LogP contribution in [0, 0.1) is 19.7 Å². The van der Waals surface area contributed by atoms with Gasteiger partial charge in [0.2, 0.25) is 5.82 Å². The van der Waals surface area contributed by atoms with Crippen molar-refractivity contribution in [1.82, 2.24) is 9.97 Å². The minimum Gasteiger partial charge on any atom is -0.311 e. The van der Waals surface area contributed by atoms with Gasteiger partial charge in [-0.3, -0.25) is 4.79 Å². The van der Waals surface area contributed by atoms with Crippen molar-refractivity contribution in [3.8, 4) is 11.3 Å². The van der Waals surface area contributed by atoms with Gasteiger partial charge in [0.1, 0.15) is 5.69 Å². The van der Waals surface area contributed by atoms with Crippen molar-refractivity contribution in [3.05, 3.63) is 51.8 Å². The van der Waals surface area contributed by atoms with Crippen LogP contribution in [0.5, 0.6) is 0 Å². The first-order valence-electron chi connectivity index (χ1n) is 4.90. The predicted octanol–water partition coefficient (Wildman–Crippen LogP) is 2.19. The number of aromatic nitrogens is 2. The third-order valence-corrected chi connectivity index (χ3v) is 2.29. The Morgan fingerprint density at radius 3 is 2.44 bits per heavy atom. The quantitative estimate of drug-likeness (QED) is 0.797. The predicted molar refractivity (Wildman–Crippen MR) is 59.7 cm³/mol. The van der Waals surface area contributed by atoms with E-state index >= 15 is 0 Å². The van der Waals surface area contributed by atoms with E-state index in [0.29, 0.717) is 5.56 Å². The van der Waals surface area contributed by atoms with Crippen molar-refractivity contribution in [2.24, 2.45) is 0 Å². The van der Waals surface area contributed by atoms with Crippen molar-refractivity contribution >= 4 is 0 Å². The highest BCUT2D eigenvalue weighted by molar-refractivity contribution is 5.61. The summed E-state index contributed by atoms with van der Waals surface area (Å²) in [6.07, 6.45) is 1.21. The molecule has 1 heterocycles. The summed E-state index contributed by atoms with van der Waals surface area (Å²) >= 11 is 0. The molecular weight excluding hydrogens is 207 g/mol. The molecule has 0 saturated carbocycles. The molecular formula is C12H11FN2O. The van der Waals surface area contributed by atoms with E-state index in [-0.39, 0.29) is 5.69 Å². The molecule has 1 aromatic heterocycles. The molecule has 2 rings (SSSR count). The Balaban J connectivity index is 2.67. The number of hydrogen-bond acceptors (Lipinski definition) is 2. The van der Waals surface area contributed by atoms with E-state index in [2.05, 4.69) is 9.97 Å². The van der Waals surface area contributed by atoms with Crippen LogP contribution in [-0.2, 0) is 0 Å². The lowest BCUT2D eigenvalue weighted by Crippen LogP contribution is -2.12. The summed E-state index contributed by atoms with van der Waals surface area (Å²) < 4.78 is 13.5. The lowest BCUT2D eigenvalue weighted by atomic mass is 10.0. The minimum absolute atomic E-state index is 0.0931. The number of benzene rings is 1. The first-order chi connectivity index (χ1) is 7.58. The van der Waals surface area contributed by atoms with E-state index < -0.39 is 11.4 Å². The third kappa shape index (κ3) is 1.86. The number of nitrogens with one attached hydrogen (secondary N) is 1. The maximum Gasteiger partial charge on any atom is 0.287 e. The Hall–Kier alpha value is -1.97. The molecule has 82 valence electrons. The average Bonchev–Trinajstić information content (AvgIpc) is 2.20. The summed E-state index contributed by atoms with van der Waals surface area (Å²) in [6.45, 7) is 3.84. The molecule has 1 aromatic carbocycles. The number of nitrogens with zero attached hydrogens (tertiary/aromatic N) is 1. The molecule has 1 N–H and O–H groups in total.